The molecular weight excluding hydrogens is 361 g/mol. The van der Waals surface area contributed by atoms with Crippen LogP contribution in [0.3, 0.4) is 0 Å². The van der Waals surface area contributed by atoms with Crippen LogP contribution in [0.5, 0.6) is 5.75 Å². The van der Waals surface area contributed by atoms with Gasteiger partial charge in [0, 0.05) is 29.6 Å². The Balaban J connectivity index is 2.07. The van der Waals surface area contributed by atoms with Crippen molar-refractivity contribution in [2.24, 2.45) is 0 Å². The van der Waals surface area contributed by atoms with Crippen LogP contribution in [0, 0.1) is 0 Å². The van der Waals surface area contributed by atoms with Crippen molar-refractivity contribution in [3.63, 3.8) is 0 Å². The highest BCUT2D eigenvalue weighted by Crippen LogP contribution is 2.51. The van der Waals surface area contributed by atoms with Gasteiger partial charge in [0.25, 0.3) is 10.1 Å². The number of likely N-dealkylation sites (tertiary alicyclic amines) is 1. The molecule has 8 heteroatoms. The maximum absolute atomic E-state index is 11.2. The minimum absolute atomic E-state index is 0.158. The summed E-state index contributed by atoms with van der Waals surface area (Å²) < 4.78 is 37.7. The Morgan fingerprint density at radius 3 is 2.52 bits per heavy atom. The predicted molar refractivity (Wildman–Crippen MR) is 90.0 cm³/mol. The first-order valence-corrected chi connectivity index (χ1v) is 9.85. The molecule has 5 nitrogen and oxygen atoms in total. The van der Waals surface area contributed by atoms with Crippen molar-refractivity contribution < 1.29 is 17.7 Å². The van der Waals surface area contributed by atoms with Crippen LogP contribution in [-0.2, 0) is 21.3 Å². The number of hydrogen-bond donors (Lipinski definition) is 1. The molecule has 1 N–H and O–H groups in total. The van der Waals surface area contributed by atoms with E-state index in [-0.39, 0.29) is 21.8 Å². The zero-order chi connectivity index (χ0) is 17.0. The largest absolute Gasteiger partial charge is 0.474 e. The van der Waals surface area contributed by atoms with E-state index in [1.807, 2.05) is 13.8 Å². The van der Waals surface area contributed by atoms with Gasteiger partial charge in [-0.3, -0.25) is 9.45 Å². The molecular formula is C15H19Cl2NO4S. The first kappa shape index (κ1) is 17.3. The molecule has 1 atom stereocenters. The normalized spacial score (nSPS) is 23.8. The van der Waals surface area contributed by atoms with Gasteiger partial charge in [-0.05, 0) is 18.9 Å². The molecule has 0 aromatic heterocycles. The van der Waals surface area contributed by atoms with Gasteiger partial charge < -0.3 is 4.74 Å². The minimum Gasteiger partial charge on any atom is -0.474 e. The topological polar surface area (TPSA) is 66.8 Å². The maximum Gasteiger partial charge on any atom is 0.269 e. The van der Waals surface area contributed by atoms with Gasteiger partial charge in [0.05, 0.1) is 10.0 Å². The Kier molecular flexibility index (Phi) is 4.34. The number of ether oxygens (including phenoxy) is 1. The molecule has 3 rings (SSSR count). The summed E-state index contributed by atoms with van der Waals surface area (Å²) in [6.45, 7) is 5.98. The average molecular weight is 380 g/mol. The standard InChI is InChI=1S/C15H19Cl2NO4S/c1-15(2)12-11(22-14(15)18-5-3-4-6-18)7-10(16)9(13(12)17)8-23(19,20)21/h7,14H,3-6,8H2,1-2H3,(H,19,20,21). The van der Waals surface area contributed by atoms with Crippen molar-refractivity contribution in [3.8, 4) is 5.75 Å². The quantitative estimate of drug-likeness (QED) is 0.814. The number of benzene rings is 1. The number of hydrogen-bond acceptors (Lipinski definition) is 4. The summed E-state index contributed by atoms with van der Waals surface area (Å²) in [7, 11) is -4.23. The molecule has 0 radical (unpaired) electrons. The van der Waals surface area contributed by atoms with E-state index >= 15 is 0 Å². The third-order valence-corrected chi connectivity index (χ3v) is 5.98. The summed E-state index contributed by atoms with van der Waals surface area (Å²) in [5.41, 5.74) is 0.558. The highest BCUT2D eigenvalue weighted by Gasteiger charge is 2.47. The molecule has 1 fully saturated rings. The summed E-state index contributed by atoms with van der Waals surface area (Å²) in [6, 6.07) is 1.60. The minimum atomic E-state index is -4.23. The molecule has 2 aliphatic heterocycles. The number of halogens is 2. The molecule has 2 aliphatic rings. The Morgan fingerprint density at radius 1 is 1.35 bits per heavy atom. The van der Waals surface area contributed by atoms with E-state index in [1.165, 1.54) is 0 Å². The Bertz CT molecular complexity index is 742. The lowest BCUT2D eigenvalue weighted by atomic mass is 9.83. The van der Waals surface area contributed by atoms with Crippen LogP contribution in [0.15, 0.2) is 6.07 Å². The molecule has 1 unspecified atom stereocenters. The van der Waals surface area contributed by atoms with Crippen LogP contribution in [0.25, 0.3) is 0 Å². The lowest BCUT2D eigenvalue weighted by Gasteiger charge is -2.33. The van der Waals surface area contributed by atoms with E-state index in [2.05, 4.69) is 4.90 Å². The van der Waals surface area contributed by atoms with Crippen molar-refractivity contribution in [1.82, 2.24) is 4.90 Å². The van der Waals surface area contributed by atoms with Crippen LogP contribution < -0.4 is 4.74 Å². The monoisotopic (exact) mass is 379 g/mol. The van der Waals surface area contributed by atoms with Crippen LogP contribution >= 0.6 is 23.2 Å². The first-order chi connectivity index (χ1) is 10.6. The molecule has 0 spiro atoms. The van der Waals surface area contributed by atoms with E-state index in [0.717, 1.165) is 31.5 Å². The first-order valence-electron chi connectivity index (χ1n) is 7.48. The van der Waals surface area contributed by atoms with E-state index in [9.17, 15) is 8.42 Å². The molecule has 0 aliphatic carbocycles. The Hall–Kier alpha value is -0.530. The van der Waals surface area contributed by atoms with Crippen LogP contribution in [-0.4, -0.2) is 37.2 Å². The molecule has 1 aromatic rings. The van der Waals surface area contributed by atoms with Crippen molar-refractivity contribution in [1.29, 1.82) is 0 Å². The molecule has 2 heterocycles. The summed E-state index contributed by atoms with van der Waals surface area (Å²) in [5, 5.41) is 0.445. The van der Waals surface area contributed by atoms with E-state index in [0.29, 0.717) is 5.75 Å². The van der Waals surface area contributed by atoms with E-state index in [4.69, 9.17) is 32.5 Å². The van der Waals surface area contributed by atoms with Crippen LogP contribution in [0.1, 0.15) is 37.8 Å². The summed E-state index contributed by atoms with van der Waals surface area (Å²) in [5.74, 6) is -0.0245. The van der Waals surface area contributed by atoms with Gasteiger partial charge >= 0.3 is 0 Å². The second-order valence-electron chi connectivity index (χ2n) is 6.69. The molecule has 0 bridgehead atoms. The predicted octanol–water partition coefficient (Wildman–Crippen LogP) is 3.47. The van der Waals surface area contributed by atoms with Crippen LogP contribution in [0.2, 0.25) is 10.0 Å². The highest BCUT2D eigenvalue weighted by molar-refractivity contribution is 7.85. The van der Waals surface area contributed by atoms with E-state index in [1.54, 1.807) is 6.07 Å². The van der Waals surface area contributed by atoms with Gasteiger partial charge in [-0.25, -0.2) is 0 Å². The number of nitrogens with zero attached hydrogens (tertiary/aromatic N) is 1. The molecule has 1 saturated heterocycles. The fourth-order valence-corrected chi connectivity index (χ4v) is 5.18. The fraction of sp³-hybridized carbons (Fsp3) is 0.600. The summed E-state index contributed by atoms with van der Waals surface area (Å²) >= 11 is 12.6. The van der Waals surface area contributed by atoms with Crippen molar-refractivity contribution in [2.45, 2.75) is 44.1 Å². The second-order valence-corrected chi connectivity index (χ2v) is 8.92. The fourth-order valence-electron chi connectivity index (χ4n) is 3.54. The summed E-state index contributed by atoms with van der Waals surface area (Å²) in [4.78, 5) is 2.27. The zero-order valence-corrected chi connectivity index (χ0v) is 15.3. The van der Waals surface area contributed by atoms with Crippen molar-refractivity contribution in [3.05, 3.63) is 27.2 Å². The lowest BCUT2D eigenvalue weighted by Crippen LogP contribution is -2.46. The molecule has 23 heavy (non-hydrogen) atoms. The van der Waals surface area contributed by atoms with Gasteiger partial charge in [-0.1, -0.05) is 37.0 Å². The van der Waals surface area contributed by atoms with Gasteiger partial charge in [-0.2, -0.15) is 8.42 Å². The van der Waals surface area contributed by atoms with Gasteiger partial charge in [-0.15, -0.1) is 0 Å². The van der Waals surface area contributed by atoms with Gasteiger partial charge in [0.15, 0.2) is 6.23 Å². The van der Waals surface area contributed by atoms with Crippen molar-refractivity contribution in [2.75, 3.05) is 13.1 Å². The maximum atomic E-state index is 11.2. The molecule has 128 valence electrons. The molecule has 0 amide bonds. The highest BCUT2D eigenvalue weighted by atomic mass is 35.5. The zero-order valence-electron chi connectivity index (χ0n) is 13.0. The van der Waals surface area contributed by atoms with Gasteiger partial charge in [0.2, 0.25) is 0 Å². The third-order valence-electron chi connectivity index (χ3n) is 4.58. The SMILES string of the molecule is CC1(C)c2c(cc(Cl)c(CS(=O)(=O)O)c2Cl)OC1N1CCCC1. The Labute approximate surface area is 146 Å². The summed E-state index contributed by atoms with van der Waals surface area (Å²) in [6.07, 6.45) is 2.11. The second kappa shape index (κ2) is 5.77. The molecule has 1 aromatic carbocycles. The molecule has 0 saturated carbocycles. The third kappa shape index (κ3) is 3.07. The number of fused-ring (bicyclic) bond motifs is 1. The average Bonchev–Trinajstić information content (AvgIpc) is 2.99. The smallest absolute Gasteiger partial charge is 0.269 e. The van der Waals surface area contributed by atoms with Crippen LogP contribution in [0.4, 0.5) is 0 Å². The van der Waals surface area contributed by atoms with Crippen molar-refractivity contribution >= 4 is 33.3 Å². The lowest BCUT2D eigenvalue weighted by molar-refractivity contribution is 0.0143. The Morgan fingerprint density at radius 2 is 1.96 bits per heavy atom. The van der Waals surface area contributed by atoms with Gasteiger partial charge in [0.1, 0.15) is 11.5 Å². The number of rotatable bonds is 3. The van der Waals surface area contributed by atoms with E-state index < -0.39 is 21.3 Å².